The summed E-state index contributed by atoms with van der Waals surface area (Å²) in [7, 11) is 2.99. The van der Waals surface area contributed by atoms with E-state index in [2.05, 4.69) is 37.1 Å². The molecular weight excluding hydrogens is 448 g/mol. The number of anilines is 2. The SMILES string of the molecule is C[C@H]1CCCN1c1ncc(-c2cccc(NC(=O)Cc3c[nH]c4c3c(=O)n(C)c(=O)n4C)n2)cn1. The van der Waals surface area contributed by atoms with Crippen molar-refractivity contribution in [3.63, 3.8) is 0 Å². The Labute approximate surface area is 200 Å². The number of nitrogens with one attached hydrogen (secondary N) is 2. The van der Waals surface area contributed by atoms with Crippen LogP contribution in [-0.4, -0.2) is 47.6 Å². The van der Waals surface area contributed by atoms with Crippen LogP contribution in [0.15, 0.2) is 46.4 Å². The fraction of sp³-hybridized carbons (Fsp3) is 0.333. The highest BCUT2D eigenvalue weighted by Crippen LogP contribution is 2.24. The van der Waals surface area contributed by atoms with Gasteiger partial charge in [0.1, 0.15) is 11.5 Å². The summed E-state index contributed by atoms with van der Waals surface area (Å²) in [4.78, 5) is 56.2. The third kappa shape index (κ3) is 4.09. The average Bonchev–Trinajstić information content (AvgIpc) is 3.48. The van der Waals surface area contributed by atoms with E-state index < -0.39 is 11.2 Å². The van der Waals surface area contributed by atoms with Gasteiger partial charge in [-0.05, 0) is 37.5 Å². The molecule has 180 valence electrons. The van der Waals surface area contributed by atoms with Crippen LogP contribution in [0.2, 0.25) is 0 Å². The number of fused-ring (bicyclic) bond motifs is 1. The predicted octanol–water partition coefficient (Wildman–Crippen LogP) is 1.59. The number of aryl methyl sites for hydroxylation is 1. The minimum Gasteiger partial charge on any atom is -0.347 e. The molecule has 0 unspecified atom stereocenters. The lowest BCUT2D eigenvalue weighted by atomic mass is 10.1. The van der Waals surface area contributed by atoms with Crippen molar-refractivity contribution in [1.82, 2.24) is 29.1 Å². The number of hydrogen-bond acceptors (Lipinski definition) is 7. The second kappa shape index (κ2) is 8.82. The molecule has 1 atom stereocenters. The lowest BCUT2D eigenvalue weighted by Gasteiger charge is -2.20. The molecule has 35 heavy (non-hydrogen) atoms. The van der Waals surface area contributed by atoms with E-state index in [4.69, 9.17) is 0 Å². The van der Waals surface area contributed by atoms with E-state index in [0.29, 0.717) is 40.1 Å². The first-order valence-corrected chi connectivity index (χ1v) is 11.5. The minimum atomic E-state index is -0.445. The fourth-order valence-electron chi connectivity index (χ4n) is 4.53. The number of carbonyl (C=O) groups excluding carboxylic acids is 1. The summed E-state index contributed by atoms with van der Waals surface area (Å²) in [5, 5.41) is 3.10. The Morgan fingerprint density at radius 2 is 1.94 bits per heavy atom. The van der Waals surface area contributed by atoms with Crippen molar-refractivity contribution in [2.24, 2.45) is 14.1 Å². The molecule has 0 bridgehead atoms. The Balaban J connectivity index is 1.33. The zero-order chi connectivity index (χ0) is 24.7. The molecule has 0 spiro atoms. The fourth-order valence-corrected chi connectivity index (χ4v) is 4.53. The van der Waals surface area contributed by atoms with Crippen LogP contribution in [0.5, 0.6) is 0 Å². The maximum atomic E-state index is 12.8. The molecule has 0 saturated carbocycles. The van der Waals surface area contributed by atoms with E-state index in [1.165, 1.54) is 11.6 Å². The van der Waals surface area contributed by atoms with Crippen LogP contribution in [0, 0.1) is 0 Å². The van der Waals surface area contributed by atoms with Crippen molar-refractivity contribution in [3.05, 3.63) is 63.2 Å². The number of rotatable bonds is 5. The summed E-state index contributed by atoms with van der Waals surface area (Å²) >= 11 is 0. The predicted molar refractivity (Wildman–Crippen MR) is 132 cm³/mol. The summed E-state index contributed by atoms with van der Waals surface area (Å²) < 4.78 is 2.38. The zero-order valence-corrected chi connectivity index (χ0v) is 19.8. The standard InChI is InChI=1S/C24H26N8O3/c1-14-6-5-9-32(14)23-26-12-16(13-27-23)17-7-4-8-18(28-17)29-19(33)10-15-11-25-21-20(15)22(34)31(3)24(35)30(21)2/h4,7-8,11-14,25H,5-6,9-10H2,1-3H3,(H,28,29,33)/t14-/m0/s1. The van der Waals surface area contributed by atoms with E-state index in [0.717, 1.165) is 29.5 Å². The molecule has 0 aromatic carbocycles. The van der Waals surface area contributed by atoms with Gasteiger partial charge in [-0.1, -0.05) is 6.07 Å². The van der Waals surface area contributed by atoms with Gasteiger partial charge in [-0.3, -0.25) is 18.7 Å². The highest BCUT2D eigenvalue weighted by molar-refractivity contribution is 5.94. The van der Waals surface area contributed by atoms with Crippen molar-refractivity contribution in [2.45, 2.75) is 32.2 Å². The molecule has 1 aliphatic heterocycles. The molecule has 11 heteroatoms. The van der Waals surface area contributed by atoms with Gasteiger partial charge >= 0.3 is 5.69 Å². The van der Waals surface area contributed by atoms with Crippen LogP contribution < -0.4 is 21.5 Å². The van der Waals surface area contributed by atoms with Gasteiger partial charge in [0.2, 0.25) is 11.9 Å². The minimum absolute atomic E-state index is 0.0504. The van der Waals surface area contributed by atoms with Crippen molar-refractivity contribution in [1.29, 1.82) is 0 Å². The van der Waals surface area contributed by atoms with Crippen LogP contribution in [0.25, 0.3) is 22.3 Å². The number of aromatic nitrogens is 6. The van der Waals surface area contributed by atoms with Crippen LogP contribution >= 0.6 is 0 Å². The van der Waals surface area contributed by atoms with Crippen LogP contribution in [0.3, 0.4) is 0 Å². The van der Waals surface area contributed by atoms with Gasteiger partial charge in [-0.25, -0.2) is 19.7 Å². The first-order valence-electron chi connectivity index (χ1n) is 11.5. The second-order valence-electron chi connectivity index (χ2n) is 8.83. The number of aromatic amines is 1. The zero-order valence-electron chi connectivity index (χ0n) is 19.8. The van der Waals surface area contributed by atoms with E-state index in [1.807, 2.05) is 6.07 Å². The molecule has 0 radical (unpaired) electrons. The van der Waals surface area contributed by atoms with Gasteiger partial charge in [0, 0.05) is 50.8 Å². The lowest BCUT2D eigenvalue weighted by Crippen LogP contribution is -2.37. The third-order valence-electron chi connectivity index (χ3n) is 6.48. The quantitative estimate of drug-likeness (QED) is 0.449. The molecule has 11 nitrogen and oxygen atoms in total. The second-order valence-corrected chi connectivity index (χ2v) is 8.83. The van der Waals surface area contributed by atoms with E-state index >= 15 is 0 Å². The van der Waals surface area contributed by atoms with Gasteiger partial charge in [0.05, 0.1) is 17.5 Å². The molecule has 4 aromatic heterocycles. The number of pyridine rings is 1. The summed E-state index contributed by atoms with van der Waals surface area (Å²) in [5.41, 5.74) is 1.39. The van der Waals surface area contributed by atoms with Crippen LogP contribution in [0.1, 0.15) is 25.3 Å². The molecule has 1 saturated heterocycles. The summed E-state index contributed by atoms with van der Waals surface area (Å²) in [6.45, 7) is 3.13. The molecular formula is C24H26N8O3. The summed E-state index contributed by atoms with van der Waals surface area (Å²) in [6.07, 6.45) is 7.29. The highest BCUT2D eigenvalue weighted by Gasteiger charge is 2.22. The van der Waals surface area contributed by atoms with Crippen molar-refractivity contribution in [2.75, 3.05) is 16.8 Å². The Kier molecular flexibility index (Phi) is 5.67. The van der Waals surface area contributed by atoms with E-state index in [9.17, 15) is 14.4 Å². The van der Waals surface area contributed by atoms with Crippen LogP contribution in [-0.2, 0) is 25.3 Å². The monoisotopic (exact) mass is 474 g/mol. The van der Waals surface area contributed by atoms with Gasteiger partial charge in [0.25, 0.3) is 5.56 Å². The Hall–Kier alpha value is -4.28. The molecule has 4 aromatic rings. The smallest absolute Gasteiger partial charge is 0.332 e. The van der Waals surface area contributed by atoms with E-state index in [1.54, 1.807) is 37.8 Å². The molecule has 1 amide bonds. The highest BCUT2D eigenvalue weighted by atomic mass is 16.2. The molecule has 1 aliphatic rings. The van der Waals surface area contributed by atoms with Crippen molar-refractivity contribution in [3.8, 4) is 11.3 Å². The number of amides is 1. The molecule has 5 rings (SSSR count). The largest absolute Gasteiger partial charge is 0.347 e. The normalized spacial score (nSPS) is 15.6. The first kappa shape index (κ1) is 22.5. The van der Waals surface area contributed by atoms with Crippen molar-refractivity contribution >= 4 is 28.7 Å². The third-order valence-corrected chi connectivity index (χ3v) is 6.48. The maximum Gasteiger partial charge on any atom is 0.332 e. The maximum absolute atomic E-state index is 12.8. The average molecular weight is 475 g/mol. The number of H-pyrrole nitrogens is 1. The first-order chi connectivity index (χ1) is 16.8. The number of carbonyl (C=O) groups is 1. The van der Waals surface area contributed by atoms with Gasteiger partial charge in [-0.2, -0.15) is 0 Å². The number of hydrogen-bond donors (Lipinski definition) is 2. The molecule has 1 fully saturated rings. The van der Waals surface area contributed by atoms with Gasteiger partial charge < -0.3 is 15.2 Å². The Morgan fingerprint density at radius 1 is 1.17 bits per heavy atom. The Bertz CT molecular complexity index is 1530. The Morgan fingerprint density at radius 3 is 2.66 bits per heavy atom. The molecule has 5 heterocycles. The van der Waals surface area contributed by atoms with Gasteiger partial charge in [-0.15, -0.1) is 0 Å². The van der Waals surface area contributed by atoms with E-state index in [-0.39, 0.29) is 12.3 Å². The molecule has 2 N–H and O–H groups in total. The van der Waals surface area contributed by atoms with Gasteiger partial charge in [0.15, 0.2) is 0 Å². The summed E-state index contributed by atoms with van der Waals surface area (Å²) in [6, 6.07) is 5.75. The lowest BCUT2D eigenvalue weighted by molar-refractivity contribution is -0.115. The van der Waals surface area contributed by atoms with Crippen LogP contribution in [0.4, 0.5) is 11.8 Å². The molecule has 0 aliphatic carbocycles. The number of nitrogens with zero attached hydrogens (tertiary/aromatic N) is 6. The van der Waals surface area contributed by atoms with Crippen molar-refractivity contribution < 1.29 is 4.79 Å². The summed E-state index contributed by atoms with van der Waals surface area (Å²) in [5.74, 6) is 0.761. The topological polar surface area (TPSA) is 131 Å².